The maximum Gasteiger partial charge on any atom is 0.257 e. The van der Waals surface area contributed by atoms with Gasteiger partial charge in [-0.25, -0.2) is 9.97 Å². The van der Waals surface area contributed by atoms with E-state index in [-0.39, 0.29) is 6.10 Å². The van der Waals surface area contributed by atoms with Gasteiger partial charge in [-0.3, -0.25) is 4.98 Å². The highest BCUT2D eigenvalue weighted by atomic mass is 16.6. The van der Waals surface area contributed by atoms with E-state index in [9.17, 15) is 0 Å². The van der Waals surface area contributed by atoms with E-state index in [0.29, 0.717) is 25.0 Å². The smallest absolute Gasteiger partial charge is 0.257 e. The Labute approximate surface area is 199 Å². The lowest BCUT2D eigenvalue weighted by Gasteiger charge is -2.31. The van der Waals surface area contributed by atoms with Gasteiger partial charge in [0.1, 0.15) is 24.5 Å². The molecule has 4 heterocycles. The lowest BCUT2D eigenvalue weighted by atomic mass is 9.84. The molecule has 1 aromatic carbocycles. The topological polar surface area (TPSA) is 78.8 Å². The largest absolute Gasteiger partial charge is 0.488 e. The van der Waals surface area contributed by atoms with Gasteiger partial charge in [-0.2, -0.15) is 0 Å². The molecule has 0 bridgehead atoms. The highest BCUT2D eigenvalue weighted by Gasteiger charge is 2.25. The number of ether oxygens (including phenoxy) is 4. The van der Waals surface area contributed by atoms with Crippen molar-refractivity contribution in [1.82, 2.24) is 15.0 Å². The minimum Gasteiger partial charge on any atom is -0.488 e. The first-order valence-electron chi connectivity index (χ1n) is 12.3. The molecule has 0 spiro atoms. The molecule has 1 saturated carbocycles. The molecular weight excluding hydrogens is 432 g/mol. The van der Waals surface area contributed by atoms with E-state index in [1.165, 1.54) is 0 Å². The molecular formula is C26H30N4O4. The van der Waals surface area contributed by atoms with Crippen LogP contribution in [-0.4, -0.2) is 60.6 Å². The zero-order valence-electron chi connectivity index (χ0n) is 19.3. The summed E-state index contributed by atoms with van der Waals surface area (Å²) in [6.07, 6.45) is 8.92. The zero-order valence-corrected chi connectivity index (χ0v) is 19.3. The predicted molar refractivity (Wildman–Crippen MR) is 128 cm³/mol. The van der Waals surface area contributed by atoms with Crippen molar-refractivity contribution >= 4 is 16.7 Å². The summed E-state index contributed by atoms with van der Waals surface area (Å²) in [5, 5.41) is 0. The Bertz CT molecular complexity index is 1140. The van der Waals surface area contributed by atoms with Gasteiger partial charge < -0.3 is 23.8 Å². The number of rotatable bonds is 5. The monoisotopic (exact) mass is 462 g/mol. The second-order valence-corrected chi connectivity index (χ2v) is 9.23. The number of nitrogens with zero attached hydrogens (tertiary/aromatic N) is 4. The van der Waals surface area contributed by atoms with Crippen LogP contribution in [0.2, 0.25) is 0 Å². The molecule has 34 heavy (non-hydrogen) atoms. The predicted octanol–water partition coefficient (Wildman–Crippen LogP) is 3.81. The van der Waals surface area contributed by atoms with E-state index in [1.807, 2.05) is 6.07 Å². The summed E-state index contributed by atoms with van der Waals surface area (Å²) in [5.74, 6) is 2.82. The quantitative estimate of drug-likeness (QED) is 0.566. The van der Waals surface area contributed by atoms with Gasteiger partial charge in [0, 0.05) is 42.9 Å². The fraction of sp³-hybridized carbons (Fsp3) is 0.500. The molecule has 3 aliphatic rings. The molecule has 2 fully saturated rings. The summed E-state index contributed by atoms with van der Waals surface area (Å²) in [6, 6.07) is 8.29. The van der Waals surface area contributed by atoms with Crippen LogP contribution in [0.3, 0.4) is 0 Å². The fourth-order valence-electron chi connectivity index (χ4n) is 5.13. The highest BCUT2D eigenvalue weighted by Crippen LogP contribution is 2.35. The Hall–Kier alpha value is -3.13. The number of anilines is 1. The first-order valence-corrected chi connectivity index (χ1v) is 12.3. The maximum absolute atomic E-state index is 6.56. The molecule has 2 aromatic heterocycles. The van der Waals surface area contributed by atoms with E-state index in [2.05, 4.69) is 38.1 Å². The van der Waals surface area contributed by atoms with Gasteiger partial charge >= 0.3 is 0 Å². The molecule has 178 valence electrons. The molecule has 2 aliphatic heterocycles. The lowest BCUT2D eigenvalue weighted by molar-refractivity contribution is 0.122. The Balaban J connectivity index is 1.12. The van der Waals surface area contributed by atoms with Crippen LogP contribution in [0.25, 0.3) is 11.0 Å². The van der Waals surface area contributed by atoms with E-state index < -0.39 is 0 Å². The minimum absolute atomic E-state index is 0.189. The Kier molecular flexibility index (Phi) is 6.06. The van der Waals surface area contributed by atoms with Crippen molar-refractivity contribution in [3.8, 4) is 17.4 Å². The van der Waals surface area contributed by atoms with Crippen LogP contribution in [0.5, 0.6) is 17.4 Å². The summed E-state index contributed by atoms with van der Waals surface area (Å²) >= 11 is 0. The third kappa shape index (κ3) is 4.59. The first kappa shape index (κ1) is 21.4. The van der Waals surface area contributed by atoms with Gasteiger partial charge in [0.15, 0.2) is 5.75 Å². The number of fused-ring (bicyclic) bond motifs is 2. The molecule has 1 saturated heterocycles. The third-order valence-corrected chi connectivity index (χ3v) is 6.95. The minimum atomic E-state index is 0.189. The molecule has 8 nitrogen and oxygen atoms in total. The molecule has 0 N–H and O–H groups in total. The molecule has 6 rings (SSSR count). The van der Waals surface area contributed by atoms with Crippen molar-refractivity contribution < 1.29 is 18.9 Å². The van der Waals surface area contributed by atoms with Crippen molar-refractivity contribution in [3.63, 3.8) is 0 Å². The van der Waals surface area contributed by atoms with Crippen LogP contribution in [0.15, 0.2) is 36.7 Å². The van der Waals surface area contributed by atoms with Crippen molar-refractivity contribution in [2.24, 2.45) is 5.92 Å². The second-order valence-electron chi connectivity index (χ2n) is 9.23. The van der Waals surface area contributed by atoms with Gasteiger partial charge in [0.25, 0.3) is 5.88 Å². The number of benzene rings is 1. The molecule has 8 heteroatoms. The molecule has 0 unspecified atom stereocenters. The zero-order chi connectivity index (χ0) is 22.7. The lowest BCUT2D eigenvalue weighted by Crippen LogP contribution is -2.36. The Morgan fingerprint density at radius 2 is 1.74 bits per heavy atom. The van der Waals surface area contributed by atoms with Crippen LogP contribution < -0.4 is 19.1 Å². The van der Waals surface area contributed by atoms with Gasteiger partial charge in [-0.1, -0.05) is 0 Å². The number of pyridine rings is 1. The van der Waals surface area contributed by atoms with E-state index in [1.54, 1.807) is 12.4 Å². The van der Waals surface area contributed by atoms with Crippen LogP contribution in [0, 0.1) is 5.92 Å². The normalized spacial score (nSPS) is 22.5. The average molecular weight is 463 g/mol. The van der Waals surface area contributed by atoms with Gasteiger partial charge in [0.05, 0.1) is 24.8 Å². The van der Waals surface area contributed by atoms with Gasteiger partial charge in [0.2, 0.25) is 0 Å². The van der Waals surface area contributed by atoms with Crippen molar-refractivity contribution in [3.05, 3.63) is 42.4 Å². The second kappa shape index (κ2) is 9.62. The summed E-state index contributed by atoms with van der Waals surface area (Å²) in [6.45, 7) is 4.41. The highest BCUT2D eigenvalue weighted by molar-refractivity contribution is 5.85. The molecule has 0 radical (unpaired) electrons. The van der Waals surface area contributed by atoms with Crippen molar-refractivity contribution in [1.29, 1.82) is 0 Å². The Morgan fingerprint density at radius 1 is 0.912 bits per heavy atom. The van der Waals surface area contributed by atoms with Crippen molar-refractivity contribution in [2.75, 3.05) is 44.4 Å². The molecule has 3 aromatic rings. The number of morpholine rings is 1. The number of hydrogen-bond donors (Lipinski definition) is 0. The summed E-state index contributed by atoms with van der Waals surface area (Å²) in [5.41, 5.74) is 3.92. The van der Waals surface area contributed by atoms with E-state index >= 15 is 0 Å². The first-order chi connectivity index (χ1) is 16.8. The van der Waals surface area contributed by atoms with Crippen LogP contribution in [-0.2, 0) is 11.2 Å². The SMILES string of the molecule is c1cnc2c(OC3CCC(Cc4ccc5c(n4)OCCO5)CC3)cc(N3CCOCC3)cc2n1. The third-order valence-electron chi connectivity index (χ3n) is 6.95. The molecule has 0 atom stereocenters. The fourth-order valence-corrected chi connectivity index (χ4v) is 5.13. The van der Waals surface area contributed by atoms with Crippen LogP contribution in [0.1, 0.15) is 31.4 Å². The summed E-state index contributed by atoms with van der Waals surface area (Å²) < 4.78 is 23.3. The molecule has 1 aliphatic carbocycles. The van der Waals surface area contributed by atoms with E-state index in [0.717, 1.165) is 92.3 Å². The average Bonchev–Trinajstić information content (AvgIpc) is 2.90. The van der Waals surface area contributed by atoms with Gasteiger partial charge in [-0.15, -0.1) is 0 Å². The van der Waals surface area contributed by atoms with Crippen LogP contribution >= 0.6 is 0 Å². The summed E-state index contributed by atoms with van der Waals surface area (Å²) in [7, 11) is 0. The summed E-state index contributed by atoms with van der Waals surface area (Å²) in [4.78, 5) is 16.1. The number of aromatic nitrogens is 3. The van der Waals surface area contributed by atoms with Gasteiger partial charge in [-0.05, 0) is 56.2 Å². The van der Waals surface area contributed by atoms with Crippen LogP contribution in [0.4, 0.5) is 5.69 Å². The van der Waals surface area contributed by atoms with Crippen molar-refractivity contribution in [2.45, 2.75) is 38.2 Å². The Morgan fingerprint density at radius 3 is 2.62 bits per heavy atom. The maximum atomic E-state index is 6.56. The molecule has 0 amide bonds. The van der Waals surface area contributed by atoms with E-state index in [4.69, 9.17) is 18.9 Å². The standard InChI is InChI=1S/C26H30N4O4/c1-4-21(5-2-18(1)15-19-3-6-23-26(29-19)33-14-13-32-23)34-24-17-20(30-9-11-31-12-10-30)16-22-25(24)28-8-7-27-22/h3,6-8,16-18,21H,1-2,4-5,9-15H2. The number of hydrogen-bond acceptors (Lipinski definition) is 8.